The molecule has 0 amide bonds. The van der Waals surface area contributed by atoms with E-state index in [1.807, 2.05) is 0 Å². The summed E-state index contributed by atoms with van der Waals surface area (Å²) in [6, 6.07) is 8.74. The molecule has 0 saturated carbocycles. The Bertz CT molecular complexity index is 619. The highest BCUT2D eigenvalue weighted by molar-refractivity contribution is 6.32. The Balaban J connectivity index is 2.47. The third-order valence-corrected chi connectivity index (χ3v) is 3.39. The number of nitrogens with one attached hydrogen (secondary N) is 1. The van der Waals surface area contributed by atoms with Crippen molar-refractivity contribution in [1.82, 2.24) is 5.32 Å². The number of hydrogen-bond acceptors (Lipinski definition) is 2. The fourth-order valence-corrected chi connectivity index (χ4v) is 2.37. The molecule has 2 aromatic rings. The summed E-state index contributed by atoms with van der Waals surface area (Å²) in [6.45, 7) is 0. The van der Waals surface area contributed by atoms with E-state index in [2.05, 4.69) is 5.32 Å². The van der Waals surface area contributed by atoms with Crippen LogP contribution < -0.4 is 10.1 Å². The molecule has 0 radical (unpaired) electrons. The molecule has 2 rings (SSSR count). The Hall–Kier alpha value is -1.65. The fourth-order valence-electron chi connectivity index (χ4n) is 2.11. The van der Waals surface area contributed by atoms with Crippen molar-refractivity contribution in [3.8, 4) is 5.75 Å². The van der Waals surface area contributed by atoms with Crippen LogP contribution in [0.2, 0.25) is 5.02 Å². The molecule has 20 heavy (non-hydrogen) atoms. The first-order valence-corrected chi connectivity index (χ1v) is 6.41. The molecule has 0 saturated heterocycles. The highest BCUT2D eigenvalue weighted by Gasteiger charge is 2.19. The SMILES string of the molecule is CNC(c1ccc(OC)c(Cl)c1)c1cccc(F)c1F. The molecule has 0 bridgehead atoms. The first-order chi connectivity index (χ1) is 9.58. The molecule has 5 heteroatoms. The molecule has 2 nitrogen and oxygen atoms in total. The van der Waals surface area contributed by atoms with Crippen LogP contribution in [0.15, 0.2) is 36.4 Å². The lowest BCUT2D eigenvalue weighted by Gasteiger charge is -2.19. The van der Waals surface area contributed by atoms with Crippen LogP contribution in [-0.2, 0) is 0 Å². The highest BCUT2D eigenvalue weighted by Crippen LogP contribution is 2.31. The van der Waals surface area contributed by atoms with Gasteiger partial charge in [-0.05, 0) is 30.8 Å². The monoisotopic (exact) mass is 297 g/mol. The molecule has 1 atom stereocenters. The van der Waals surface area contributed by atoms with Gasteiger partial charge in [-0.15, -0.1) is 0 Å². The molecular weight excluding hydrogens is 284 g/mol. The van der Waals surface area contributed by atoms with Crippen molar-refractivity contribution in [2.45, 2.75) is 6.04 Å². The third-order valence-electron chi connectivity index (χ3n) is 3.09. The number of halogens is 3. The van der Waals surface area contributed by atoms with Gasteiger partial charge in [0.1, 0.15) is 5.75 Å². The summed E-state index contributed by atoms with van der Waals surface area (Å²) in [5.41, 5.74) is 0.955. The van der Waals surface area contributed by atoms with Crippen molar-refractivity contribution >= 4 is 11.6 Å². The summed E-state index contributed by atoms with van der Waals surface area (Å²) in [5.74, 6) is -1.20. The van der Waals surface area contributed by atoms with E-state index in [1.165, 1.54) is 19.2 Å². The second-order valence-electron chi connectivity index (χ2n) is 4.26. The van der Waals surface area contributed by atoms with Crippen molar-refractivity contribution in [2.75, 3.05) is 14.2 Å². The van der Waals surface area contributed by atoms with E-state index in [0.29, 0.717) is 10.8 Å². The van der Waals surface area contributed by atoms with Gasteiger partial charge in [0, 0.05) is 5.56 Å². The van der Waals surface area contributed by atoms with E-state index >= 15 is 0 Å². The van der Waals surface area contributed by atoms with Crippen LogP contribution in [0.1, 0.15) is 17.2 Å². The normalized spacial score (nSPS) is 12.2. The molecule has 106 valence electrons. The van der Waals surface area contributed by atoms with E-state index in [4.69, 9.17) is 16.3 Å². The third kappa shape index (κ3) is 2.76. The van der Waals surface area contributed by atoms with Gasteiger partial charge in [-0.3, -0.25) is 0 Å². The highest BCUT2D eigenvalue weighted by atomic mass is 35.5. The number of benzene rings is 2. The standard InChI is InChI=1S/C15H14ClF2NO/c1-19-15(10-4-3-5-12(17)14(10)18)9-6-7-13(20-2)11(16)8-9/h3-8,15,19H,1-2H3. The van der Waals surface area contributed by atoms with Crippen LogP contribution in [0.3, 0.4) is 0 Å². The van der Waals surface area contributed by atoms with E-state index in [9.17, 15) is 8.78 Å². The second kappa shape index (κ2) is 6.20. The molecule has 0 aliphatic rings. The largest absolute Gasteiger partial charge is 0.495 e. The molecule has 0 aromatic heterocycles. The van der Waals surface area contributed by atoms with Crippen molar-refractivity contribution < 1.29 is 13.5 Å². The number of methoxy groups -OCH3 is 1. The van der Waals surface area contributed by atoms with Crippen molar-refractivity contribution in [1.29, 1.82) is 0 Å². The molecular formula is C15H14ClF2NO. The summed E-state index contributed by atoms with van der Waals surface area (Å²) in [5, 5.41) is 3.38. The van der Waals surface area contributed by atoms with Gasteiger partial charge in [0.05, 0.1) is 18.2 Å². The Labute approximate surface area is 121 Å². The molecule has 2 aromatic carbocycles. The minimum Gasteiger partial charge on any atom is -0.495 e. The summed E-state index contributed by atoms with van der Waals surface area (Å²) in [6.07, 6.45) is 0. The lowest BCUT2D eigenvalue weighted by Crippen LogP contribution is -2.19. The van der Waals surface area contributed by atoms with Gasteiger partial charge in [-0.1, -0.05) is 29.8 Å². The van der Waals surface area contributed by atoms with Gasteiger partial charge < -0.3 is 10.1 Å². The van der Waals surface area contributed by atoms with Crippen LogP contribution in [0.25, 0.3) is 0 Å². The van der Waals surface area contributed by atoms with Gasteiger partial charge in [-0.2, -0.15) is 0 Å². The Morgan fingerprint density at radius 1 is 1.20 bits per heavy atom. The van der Waals surface area contributed by atoms with Crippen LogP contribution in [0.4, 0.5) is 8.78 Å². The lowest BCUT2D eigenvalue weighted by atomic mass is 9.98. The zero-order valence-corrected chi connectivity index (χ0v) is 11.8. The molecule has 1 unspecified atom stereocenters. The number of hydrogen-bond donors (Lipinski definition) is 1. The quantitative estimate of drug-likeness (QED) is 0.923. The predicted octanol–water partition coefficient (Wildman–Crippen LogP) is 3.94. The minimum absolute atomic E-state index is 0.230. The van der Waals surface area contributed by atoms with E-state index in [-0.39, 0.29) is 5.56 Å². The topological polar surface area (TPSA) is 21.3 Å². The van der Waals surface area contributed by atoms with Crippen LogP contribution in [-0.4, -0.2) is 14.2 Å². The smallest absolute Gasteiger partial charge is 0.163 e. The average molecular weight is 298 g/mol. The summed E-state index contributed by atoms with van der Waals surface area (Å²) in [4.78, 5) is 0. The molecule has 0 heterocycles. The van der Waals surface area contributed by atoms with Gasteiger partial charge in [0.25, 0.3) is 0 Å². The first kappa shape index (κ1) is 14.8. The Morgan fingerprint density at radius 3 is 2.55 bits per heavy atom. The Kier molecular flexibility index (Phi) is 4.57. The molecule has 0 aliphatic carbocycles. The summed E-state index contributed by atoms with van der Waals surface area (Å²) < 4.78 is 32.3. The maximum Gasteiger partial charge on any atom is 0.163 e. The zero-order valence-electron chi connectivity index (χ0n) is 11.1. The minimum atomic E-state index is -0.873. The van der Waals surface area contributed by atoms with Gasteiger partial charge in [0.15, 0.2) is 11.6 Å². The fraction of sp³-hybridized carbons (Fsp3) is 0.200. The second-order valence-corrected chi connectivity index (χ2v) is 4.67. The zero-order chi connectivity index (χ0) is 14.7. The predicted molar refractivity (Wildman–Crippen MR) is 75.3 cm³/mol. The van der Waals surface area contributed by atoms with Gasteiger partial charge >= 0.3 is 0 Å². The molecule has 0 spiro atoms. The lowest BCUT2D eigenvalue weighted by molar-refractivity contribution is 0.414. The molecule has 0 aliphatic heterocycles. The van der Waals surface area contributed by atoms with Crippen LogP contribution in [0, 0.1) is 11.6 Å². The van der Waals surface area contributed by atoms with Crippen molar-refractivity contribution in [2.24, 2.45) is 0 Å². The maximum atomic E-state index is 13.9. The number of ether oxygens (including phenoxy) is 1. The summed E-state index contributed by atoms with van der Waals surface area (Å²) >= 11 is 6.07. The molecule has 1 N–H and O–H groups in total. The van der Waals surface area contributed by atoms with Gasteiger partial charge in [0.2, 0.25) is 0 Å². The van der Waals surface area contributed by atoms with Crippen molar-refractivity contribution in [3.63, 3.8) is 0 Å². The van der Waals surface area contributed by atoms with E-state index in [1.54, 1.807) is 25.2 Å². The van der Waals surface area contributed by atoms with Crippen LogP contribution >= 0.6 is 11.6 Å². The van der Waals surface area contributed by atoms with Crippen LogP contribution in [0.5, 0.6) is 5.75 Å². The van der Waals surface area contributed by atoms with E-state index in [0.717, 1.165) is 11.6 Å². The maximum absolute atomic E-state index is 13.9. The summed E-state index contributed by atoms with van der Waals surface area (Å²) in [7, 11) is 3.19. The van der Waals surface area contributed by atoms with Gasteiger partial charge in [-0.25, -0.2) is 8.78 Å². The van der Waals surface area contributed by atoms with E-state index < -0.39 is 17.7 Å². The first-order valence-electron chi connectivity index (χ1n) is 6.03. The Morgan fingerprint density at radius 2 is 1.95 bits per heavy atom. The average Bonchev–Trinajstić information content (AvgIpc) is 2.44. The molecule has 0 fully saturated rings. The number of rotatable bonds is 4. The van der Waals surface area contributed by atoms with Crippen molar-refractivity contribution in [3.05, 3.63) is 64.2 Å².